The highest BCUT2D eigenvalue weighted by Gasteiger charge is 2.41. The number of carbonyl (C=O) groups is 1. The fourth-order valence-electron chi connectivity index (χ4n) is 3.15. The zero-order valence-corrected chi connectivity index (χ0v) is 13.3. The molecule has 0 saturated carbocycles. The zero-order chi connectivity index (χ0) is 16.0. The summed E-state index contributed by atoms with van der Waals surface area (Å²) in [7, 11) is 0. The van der Waals surface area contributed by atoms with E-state index in [1.807, 2.05) is 74.5 Å². The maximum atomic E-state index is 13.3. The van der Waals surface area contributed by atoms with Gasteiger partial charge in [0, 0.05) is 5.92 Å². The van der Waals surface area contributed by atoms with E-state index in [2.05, 4.69) is 0 Å². The molecule has 2 aromatic rings. The third-order valence-electron chi connectivity index (χ3n) is 4.60. The van der Waals surface area contributed by atoms with Crippen molar-refractivity contribution < 1.29 is 9.90 Å². The first-order chi connectivity index (χ1) is 10.7. The van der Waals surface area contributed by atoms with Gasteiger partial charge >= 0.3 is 0 Å². The van der Waals surface area contributed by atoms with Gasteiger partial charge in [-0.05, 0) is 24.0 Å². The average molecular weight is 296 g/mol. The van der Waals surface area contributed by atoms with Gasteiger partial charge in [-0.25, -0.2) is 0 Å². The molecule has 0 fully saturated rings. The number of hydrogen-bond donors (Lipinski definition) is 1. The topological polar surface area (TPSA) is 37.3 Å². The van der Waals surface area contributed by atoms with Gasteiger partial charge in [-0.2, -0.15) is 0 Å². The minimum atomic E-state index is -0.822. The lowest BCUT2D eigenvalue weighted by Crippen LogP contribution is -2.42. The van der Waals surface area contributed by atoms with Gasteiger partial charge in [0.2, 0.25) is 0 Å². The van der Waals surface area contributed by atoms with Gasteiger partial charge in [0.05, 0.1) is 12.0 Å². The van der Waals surface area contributed by atoms with Crippen LogP contribution in [-0.4, -0.2) is 17.5 Å². The van der Waals surface area contributed by atoms with E-state index in [9.17, 15) is 9.90 Å². The van der Waals surface area contributed by atoms with E-state index in [1.54, 1.807) is 0 Å². The zero-order valence-electron chi connectivity index (χ0n) is 13.3. The van der Waals surface area contributed by atoms with Crippen LogP contribution in [0.25, 0.3) is 0 Å². The minimum absolute atomic E-state index is 0.109. The molecule has 0 aliphatic heterocycles. The smallest absolute Gasteiger partial charge is 0.153 e. The molecule has 0 saturated heterocycles. The number of hydrogen-bond acceptors (Lipinski definition) is 2. The molecule has 2 aromatic carbocycles. The summed E-state index contributed by atoms with van der Waals surface area (Å²) < 4.78 is 0. The second-order valence-electron chi connectivity index (χ2n) is 5.70. The number of aliphatic hydroxyl groups excluding tert-OH is 1. The predicted octanol–water partition coefficient (Wildman–Crippen LogP) is 4.09. The minimum Gasteiger partial charge on any atom is -0.395 e. The first kappa shape index (κ1) is 16.4. The Kier molecular flexibility index (Phi) is 5.51. The summed E-state index contributed by atoms with van der Waals surface area (Å²) in [6, 6.07) is 19.5. The Bertz CT molecular complexity index is 586. The molecule has 0 radical (unpaired) electrons. The van der Waals surface area contributed by atoms with Crippen LogP contribution >= 0.6 is 0 Å². The summed E-state index contributed by atoms with van der Waals surface area (Å²) in [5.74, 6) is -0.0779. The molecule has 0 unspecified atom stereocenters. The van der Waals surface area contributed by atoms with Crippen LogP contribution in [0.1, 0.15) is 43.7 Å². The van der Waals surface area contributed by atoms with Gasteiger partial charge < -0.3 is 5.11 Å². The van der Waals surface area contributed by atoms with Crippen molar-refractivity contribution in [1.29, 1.82) is 0 Å². The molecule has 2 nitrogen and oxygen atoms in total. The van der Waals surface area contributed by atoms with Crippen LogP contribution in [0.2, 0.25) is 0 Å². The van der Waals surface area contributed by atoms with Gasteiger partial charge in [0.25, 0.3) is 0 Å². The number of ketones is 1. The molecule has 116 valence electrons. The first-order valence-electron chi connectivity index (χ1n) is 7.95. The van der Waals surface area contributed by atoms with Crippen molar-refractivity contribution in [3.63, 3.8) is 0 Å². The van der Waals surface area contributed by atoms with Gasteiger partial charge in [-0.15, -0.1) is 0 Å². The molecular weight excluding hydrogens is 272 g/mol. The van der Waals surface area contributed by atoms with Crippen LogP contribution in [0.5, 0.6) is 0 Å². The van der Waals surface area contributed by atoms with Crippen molar-refractivity contribution in [2.75, 3.05) is 6.61 Å². The SMILES string of the molecule is CC[C@H](C(=O)[C@](CC)(CO)c1ccccc1)c1ccccc1. The second-order valence-corrected chi connectivity index (χ2v) is 5.70. The molecule has 0 heterocycles. The molecule has 22 heavy (non-hydrogen) atoms. The molecule has 2 rings (SSSR count). The Hall–Kier alpha value is -1.93. The van der Waals surface area contributed by atoms with Gasteiger partial charge in [-0.1, -0.05) is 74.5 Å². The van der Waals surface area contributed by atoms with Crippen LogP contribution in [-0.2, 0) is 10.2 Å². The van der Waals surface area contributed by atoms with E-state index < -0.39 is 5.41 Å². The lowest BCUT2D eigenvalue weighted by Gasteiger charge is -2.33. The Labute approximate surface area is 132 Å². The number of carbonyl (C=O) groups excluding carboxylic acids is 1. The van der Waals surface area contributed by atoms with Gasteiger partial charge in [0.1, 0.15) is 0 Å². The van der Waals surface area contributed by atoms with E-state index in [-0.39, 0.29) is 18.3 Å². The molecule has 0 spiro atoms. The third-order valence-corrected chi connectivity index (χ3v) is 4.60. The summed E-state index contributed by atoms with van der Waals surface area (Å²) in [6.07, 6.45) is 1.33. The summed E-state index contributed by atoms with van der Waals surface area (Å²) in [6.45, 7) is 3.84. The van der Waals surface area contributed by atoms with Crippen molar-refractivity contribution in [3.8, 4) is 0 Å². The summed E-state index contributed by atoms with van der Waals surface area (Å²) in [4.78, 5) is 13.3. The molecule has 0 bridgehead atoms. The number of Topliss-reactive ketones (excluding diaryl/α,β-unsaturated/α-hetero) is 1. The summed E-state index contributed by atoms with van der Waals surface area (Å²) in [5.41, 5.74) is 1.11. The lowest BCUT2D eigenvalue weighted by molar-refractivity contribution is -0.128. The van der Waals surface area contributed by atoms with Gasteiger partial charge in [-0.3, -0.25) is 4.79 Å². The van der Waals surface area contributed by atoms with Crippen LogP contribution in [0.15, 0.2) is 60.7 Å². The molecule has 0 aliphatic carbocycles. The predicted molar refractivity (Wildman–Crippen MR) is 90.0 cm³/mol. The molecule has 0 amide bonds. The van der Waals surface area contributed by atoms with E-state index in [4.69, 9.17) is 0 Å². The molecule has 2 heteroatoms. The van der Waals surface area contributed by atoms with E-state index in [0.717, 1.165) is 17.5 Å². The van der Waals surface area contributed by atoms with Crippen molar-refractivity contribution in [2.45, 2.75) is 38.0 Å². The van der Waals surface area contributed by atoms with Crippen LogP contribution < -0.4 is 0 Å². The van der Waals surface area contributed by atoms with Gasteiger partial charge in [0.15, 0.2) is 5.78 Å². The van der Waals surface area contributed by atoms with E-state index in [1.165, 1.54) is 0 Å². The summed E-state index contributed by atoms with van der Waals surface area (Å²) in [5, 5.41) is 10.1. The fourth-order valence-corrected chi connectivity index (χ4v) is 3.15. The van der Waals surface area contributed by atoms with Crippen LogP contribution in [0.4, 0.5) is 0 Å². The van der Waals surface area contributed by atoms with Crippen molar-refractivity contribution in [1.82, 2.24) is 0 Å². The number of rotatable bonds is 7. The lowest BCUT2D eigenvalue weighted by atomic mass is 9.69. The normalized spacial score (nSPS) is 15.0. The Morgan fingerprint density at radius 3 is 2.00 bits per heavy atom. The van der Waals surface area contributed by atoms with Crippen molar-refractivity contribution in [3.05, 3.63) is 71.8 Å². The number of benzene rings is 2. The highest BCUT2D eigenvalue weighted by atomic mass is 16.3. The Morgan fingerprint density at radius 1 is 1.00 bits per heavy atom. The molecule has 0 aromatic heterocycles. The highest BCUT2D eigenvalue weighted by molar-refractivity contribution is 5.95. The Balaban J connectivity index is 2.46. The molecule has 2 atom stereocenters. The van der Waals surface area contributed by atoms with Crippen molar-refractivity contribution >= 4 is 5.78 Å². The largest absolute Gasteiger partial charge is 0.395 e. The summed E-state index contributed by atoms with van der Waals surface area (Å²) >= 11 is 0. The average Bonchev–Trinajstić information content (AvgIpc) is 2.59. The standard InChI is InChI=1S/C20H24O2/c1-3-18(16-11-7-5-8-12-16)19(22)20(4-2,15-21)17-13-9-6-10-14-17/h5-14,18,21H,3-4,15H2,1-2H3/t18-,20+/m0/s1. The molecule has 0 aliphatic rings. The highest BCUT2D eigenvalue weighted by Crippen LogP contribution is 2.36. The van der Waals surface area contributed by atoms with Crippen LogP contribution in [0, 0.1) is 0 Å². The monoisotopic (exact) mass is 296 g/mol. The molecular formula is C20H24O2. The fraction of sp³-hybridized carbons (Fsp3) is 0.350. The van der Waals surface area contributed by atoms with Crippen molar-refractivity contribution in [2.24, 2.45) is 0 Å². The number of aliphatic hydroxyl groups is 1. The first-order valence-corrected chi connectivity index (χ1v) is 7.95. The molecule has 1 N–H and O–H groups in total. The third kappa shape index (κ3) is 2.97. The maximum absolute atomic E-state index is 13.3. The quantitative estimate of drug-likeness (QED) is 0.835. The maximum Gasteiger partial charge on any atom is 0.153 e. The van der Waals surface area contributed by atoms with Crippen LogP contribution in [0.3, 0.4) is 0 Å². The van der Waals surface area contributed by atoms with E-state index >= 15 is 0 Å². The second kappa shape index (κ2) is 7.37. The van der Waals surface area contributed by atoms with E-state index in [0.29, 0.717) is 6.42 Å². The Morgan fingerprint density at radius 2 is 1.55 bits per heavy atom.